The second-order valence-electron chi connectivity index (χ2n) is 6.69. The molecule has 0 bridgehead atoms. The molecule has 4 aromatic rings. The Morgan fingerprint density at radius 3 is 2.34 bits per heavy atom. The number of methoxy groups -OCH3 is 3. The molecule has 0 atom stereocenters. The van der Waals surface area contributed by atoms with Crippen LogP contribution in [0.15, 0.2) is 64.2 Å². The number of carbonyl (C=O) groups is 1. The Bertz CT molecular complexity index is 1230. The third-order valence-electron chi connectivity index (χ3n) is 4.68. The molecule has 0 saturated heterocycles. The molecule has 0 saturated carbocycles. The molecule has 8 nitrogen and oxygen atoms in total. The van der Waals surface area contributed by atoms with Crippen LogP contribution in [0.1, 0.15) is 0 Å². The summed E-state index contributed by atoms with van der Waals surface area (Å²) in [6, 6.07) is 17.3. The number of carbonyl (C=O) groups excluding carboxylic acids is 1. The number of hydrogen-bond donors (Lipinski definition) is 1. The summed E-state index contributed by atoms with van der Waals surface area (Å²) in [5.41, 5.74) is 1.34. The van der Waals surface area contributed by atoms with Crippen LogP contribution in [-0.4, -0.2) is 43.2 Å². The Kier molecular flexibility index (Phi) is 6.46. The van der Waals surface area contributed by atoms with E-state index in [1.54, 1.807) is 12.1 Å². The van der Waals surface area contributed by atoms with Crippen molar-refractivity contribution in [3.8, 4) is 28.7 Å². The minimum Gasteiger partial charge on any atom is -0.493 e. The van der Waals surface area contributed by atoms with Gasteiger partial charge in [0, 0.05) is 23.4 Å². The highest BCUT2D eigenvalue weighted by atomic mass is 32.2. The Balaban J connectivity index is 1.41. The van der Waals surface area contributed by atoms with Crippen LogP contribution in [0.5, 0.6) is 17.2 Å². The van der Waals surface area contributed by atoms with Crippen LogP contribution < -0.4 is 19.5 Å². The van der Waals surface area contributed by atoms with Gasteiger partial charge in [-0.25, -0.2) is 0 Å². The number of aromatic nitrogens is 2. The molecule has 1 heterocycles. The fraction of sp³-hybridized carbons (Fsp3) is 0.174. The number of rotatable bonds is 8. The van der Waals surface area contributed by atoms with Gasteiger partial charge in [0.2, 0.25) is 17.5 Å². The van der Waals surface area contributed by atoms with Crippen molar-refractivity contribution >= 4 is 34.1 Å². The summed E-state index contributed by atoms with van der Waals surface area (Å²) < 4.78 is 21.6. The van der Waals surface area contributed by atoms with Gasteiger partial charge in [-0.2, -0.15) is 0 Å². The van der Waals surface area contributed by atoms with E-state index >= 15 is 0 Å². The Labute approximate surface area is 188 Å². The highest BCUT2D eigenvalue weighted by Crippen LogP contribution is 2.40. The largest absolute Gasteiger partial charge is 0.493 e. The molecule has 1 amide bonds. The predicted octanol–water partition coefficient (Wildman–Crippen LogP) is 4.65. The van der Waals surface area contributed by atoms with Crippen LogP contribution in [0.4, 0.5) is 5.69 Å². The molecule has 1 N–H and O–H groups in total. The molecular formula is C23H21N3O5S. The van der Waals surface area contributed by atoms with Crippen molar-refractivity contribution in [3.05, 3.63) is 54.6 Å². The second-order valence-corrected chi connectivity index (χ2v) is 7.61. The highest BCUT2D eigenvalue weighted by Gasteiger charge is 2.16. The maximum atomic E-state index is 12.4. The molecule has 0 aliphatic carbocycles. The molecule has 32 heavy (non-hydrogen) atoms. The standard InChI is InChI=1S/C23H21N3O5S/c1-28-18-11-17(12-19(29-2)21(18)30-3)24-20(27)13-32-23-26-25-22(31-23)16-9-8-14-6-4-5-7-15(14)10-16/h4-12H,13H2,1-3H3,(H,24,27). The van der Waals surface area contributed by atoms with Crippen molar-refractivity contribution in [1.29, 1.82) is 0 Å². The van der Waals surface area contributed by atoms with Gasteiger partial charge in [-0.05, 0) is 22.9 Å². The van der Waals surface area contributed by atoms with Gasteiger partial charge in [-0.15, -0.1) is 10.2 Å². The lowest BCUT2D eigenvalue weighted by Crippen LogP contribution is -2.14. The van der Waals surface area contributed by atoms with E-state index in [0.717, 1.165) is 28.1 Å². The molecule has 164 valence electrons. The summed E-state index contributed by atoms with van der Waals surface area (Å²) in [5, 5.41) is 13.5. The van der Waals surface area contributed by atoms with Gasteiger partial charge in [-0.1, -0.05) is 42.1 Å². The topological polar surface area (TPSA) is 95.7 Å². The molecule has 0 aliphatic heterocycles. The van der Waals surface area contributed by atoms with E-state index in [1.165, 1.54) is 21.3 Å². The van der Waals surface area contributed by atoms with Crippen molar-refractivity contribution in [3.63, 3.8) is 0 Å². The maximum Gasteiger partial charge on any atom is 0.277 e. The van der Waals surface area contributed by atoms with Gasteiger partial charge >= 0.3 is 0 Å². The summed E-state index contributed by atoms with van der Waals surface area (Å²) in [5.74, 6) is 1.61. The van der Waals surface area contributed by atoms with Crippen molar-refractivity contribution in [2.75, 3.05) is 32.4 Å². The Morgan fingerprint density at radius 1 is 0.938 bits per heavy atom. The van der Waals surface area contributed by atoms with Crippen molar-refractivity contribution < 1.29 is 23.4 Å². The van der Waals surface area contributed by atoms with Crippen LogP contribution in [0.25, 0.3) is 22.2 Å². The third kappa shape index (κ3) is 4.62. The normalized spacial score (nSPS) is 10.7. The van der Waals surface area contributed by atoms with Crippen LogP contribution in [0.3, 0.4) is 0 Å². The quantitative estimate of drug-likeness (QED) is 0.387. The molecule has 9 heteroatoms. The first-order chi connectivity index (χ1) is 15.6. The first kappa shape index (κ1) is 21.5. The van der Waals surface area contributed by atoms with E-state index in [0.29, 0.717) is 34.0 Å². The van der Waals surface area contributed by atoms with Crippen LogP contribution in [-0.2, 0) is 4.79 Å². The van der Waals surface area contributed by atoms with Gasteiger partial charge in [0.05, 0.1) is 27.1 Å². The minimum absolute atomic E-state index is 0.0933. The molecule has 3 aromatic carbocycles. The fourth-order valence-corrected chi connectivity index (χ4v) is 3.75. The summed E-state index contributed by atoms with van der Waals surface area (Å²) in [7, 11) is 4.55. The van der Waals surface area contributed by atoms with Crippen molar-refractivity contribution in [2.45, 2.75) is 5.22 Å². The summed E-state index contributed by atoms with van der Waals surface area (Å²) >= 11 is 1.15. The lowest BCUT2D eigenvalue weighted by molar-refractivity contribution is -0.113. The van der Waals surface area contributed by atoms with E-state index in [2.05, 4.69) is 15.5 Å². The Hall–Kier alpha value is -3.72. The first-order valence-corrected chi connectivity index (χ1v) is 10.6. The zero-order valence-corrected chi connectivity index (χ0v) is 18.6. The predicted molar refractivity (Wildman–Crippen MR) is 123 cm³/mol. The van der Waals surface area contributed by atoms with E-state index in [-0.39, 0.29) is 11.7 Å². The summed E-state index contributed by atoms with van der Waals surface area (Å²) in [4.78, 5) is 12.4. The first-order valence-electron chi connectivity index (χ1n) is 9.66. The van der Waals surface area contributed by atoms with Crippen molar-refractivity contribution in [1.82, 2.24) is 10.2 Å². The molecule has 0 radical (unpaired) electrons. The molecule has 0 unspecified atom stereocenters. The molecule has 4 rings (SSSR count). The second kappa shape index (κ2) is 9.61. The van der Waals surface area contributed by atoms with E-state index in [1.807, 2.05) is 42.5 Å². The summed E-state index contributed by atoms with van der Waals surface area (Å²) in [6.45, 7) is 0. The number of fused-ring (bicyclic) bond motifs is 1. The number of anilines is 1. The average molecular weight is 452 g/mol. The molecular weight excluding hydrogens is 430 g/mol. The van der Waals surface area contributed by atoms with Crippen LogP contribution in [0.2, 0.25) is 0 Å². The zero-order valence-electron chi connectivity index (χ0n) is 17.7. The van der Waals surface area contributed by atoms with Gasteiger partial charge in [0.15, 0.2) is 11.5 Å². The summed E-state index contributed by atoms with van der Waals surface area (Å²) in [6.07, 6.45) is 0. The number of benzene rings is 3. The Morgan fingerprint density at radius 2 is 1.66 bits per heavy atom. The number of nitrogens with one attached hydrogen (secondary N) is 1. The fourth-order valence-electron chi connectivity index (χ4n) is 3.18. The van der Waals surface area contributed by atoms with E-state index < -0.39 is 0 Å². The minimum atomic E-state index is -0.241. The van der Waals surface area contributed by atoms with Crippen LogP contribution in [0, 0.1) is 0 Å². The molecule has 0 aliphatic rings. The van der Waals surface area contributed by atoms with E-state index in [4.69, 9.17) is 18.6 Å². The zero-order chi connectivity index (χ0) is 22.5. The lowest BCUT2D eigenvalue weighted by atomic mass is 10.1. The smallest absolute Gasteiger partial charge is 0.277 e. The SMILES string of the molecule is COc1cc(NC(=O)CSc2nnc(-c3ccc4ccccc4c3)o2)cc(OC)c1OC. The number of hydrogen-bond acceptors (Lipinski definition) is 8. The highest BCUT2D eigenvalue weighted by molar-refractivity contribution is 7.99. The lowest BCUT2D eigenvalue weighted by Gasteiger charge is -2.14. The number of amides is 1. The number of nitrogens with zero attached hydrogens (tertiary/aromatic N) is 2. The number of thioether (sulfide) groups is 1. The molecule has 0 fully saturated rings. The maximum absolute atomic E-state index is 12.4. The molecule has 1 aromatic heterocycles. The molecule has 0 spiro atoms. The van der Waals surface area contributed by atoms with Gasteiger partial charge in [0.25, 0.3) is 5.22 Å². The number of ether oxygens (including phenoxy) is 3. The van der Waals surface area contributed by atoms with Crippen molar-refractivity contribution in [2.24, 2.45) is 0 Å². The third-order valence-corrected chi connectivity index (χ3v) is 5.50. The van der Waals surface area contributed by atoms with E-state index in [9.17, 15) is 4.79 Å². The van der Waals surface area contributed by atoms with Gasteiger partial charge in [-0.3, -0.25) is 4.79 Å². The van der Waals surface area contributed by atoms with Gasteiger partial charge in [0.1, 0.15) is 0 Å². The van der Waals surface area contributed by atoms with Gasteiger partial charge < -0.3 is 23.9 Å². The average Bonchev–Trinajstić information content (AvgIpc) is 3.31. The monoisotopic (exact) mass is 451 g/mol. The van der Waals surface area contributed by atoms with Crippen LogP contribution >= 0.6 is 11.8 Å².